The number of hydrogen-bond donors (Lipinski definition) is 3. The van der Waals surface area contributed by atoms with Gasteiger partial charge in [-0.25, -0.2) is 4.79 Å². The average Bonchev–Trinajstić information content (AvgIpc) is 2.33. The van der Waals surface area contributed by atoms with Crippen LogP contribution in [-0.2, 0) is 19.1 Å². The van der Waals surface area contributed by atoms with E-state index in [0.717, 1.165) is 0 Å². The Morgan fingerprint density at radius 3 is 2.16 bits per heavy atom. The second-order valence-corrected chi connectivity index (χ2v) is 6.22. The molecular weight excluding hydrogens is 292 g/mol. The summed E-state index contributed by atoms with van der Waals surface area (Å²) in [6.45, 7) is 1.80. The summed E-state index contributed by atoms with van der Waals surface area (Å²) in [6.07, 6.45) is 0.771. The molecule has 0 saturated heterocycles. The molecule has 0 fully saturated rings. The summed E-state index contributed by atoms with van der Waals surface area (Å²) in [7, 11) is 2.41. The maximum atomic E-state index is 11.4. The lowest BCUT2D eigenvalue weighted by atomic mass is 10.3. The van der Waals surface area contributed by atoms with Crippen LogP contribution in [-0.4, -0.2) is 46.6 Å². The van der Waals surface area contributed by atoms with Crippen molar-refractivity contribution in [2.75, 3.05) is 11.5 Å². The van der Waals surface area contributed by atoms with E-state index >= 15 is 0 Å². The molecule has 9 heteroatoms. The number of ether oxygens (including phenoxy) is 1. The lowest BCUT2D eigenvalue weighted by molar-refractivity contribution is -0.160. The molecule has 0 radical (unpaired) electrons. The molecule has 0 spiro atoms. The molecule has 0 amide bonds. The van der Waals surface area contributed by atoms with Crippen LogP contribution in [0.3, 0.4) is 0 Å². The third kappa shape index (κ3) is 8.87. The minimum absolute atomic E-state index is 0.174. The van der Waals surface area contributed by atoms with Gasteiger partial charge in [0.1, 0.15) is 12.1 Å². The lowest BCUT2D eigenvalue weighted by Crippen LogP contribution is -2.36. The molecule has 19 heavy (non-hydrogen) atoms. The van der Waals surface area contributed by atoms with Crippen LogP contribution >= 0.6 is 21.6 Å². The fourth-order valence-corrected chi connectivity index (χ4v) is 3.05. The van der Waals surface area contributed by atoms with Crippen molar-refractivity contribution in [2.24, 2.45) is 11.5 Å². The number of rotatable bonds is 9. The van der Waals surface area contributed by atoms with Crippen molar-refractivity contribution in [3.8, 4) is 0 Å². The van der Waals surface area contributed by atoms with Crippen LogP contribution < -0.4 is 11.5 Å². The lowest BCUT2D eigenvalue weighted by Gasteiger charge is -2.10. The van der Waals surface area contributed by atoms with Gasteiger partial charge in [-0.05, 0) is 6.42 Å². The molecule has 7 nitrogen and oxygen atoms in total. The largest absolute Gasteiger partial charge is 0.480 e. The molecule has 5 N–H and O–H groups in total. The van der Waals surface area contributed by atoms with E-state index in [1.165, 1.54) is 21.6 Å². The van der Waals surface area contributed by atoms with E-state index in [-0.39, 0.29) is 17.9 Å². The highest BCUT2D eigenvalue weighted by Gasteiger charge is 2.19. The van der Waals surface area contributed by atoms with Gasteiger partial charge in [-0.1, -0.05) is 28.5 Å². The molecule has 2 atom stereocenters. The molecule has 0 rings (SSSR count). The monoisotopic (exact) mass is 310 g/mol. The summed E-state index contributed by atoms with van der Waals surface area (Å²) in [5, 5.41) is 8.54. The quantitative estimate of drug-likeness (QED) is 0.232. The van der Waals surface area contributed by atoms with Crippen molar-refractivity contribution in [2.45, 2.75) is 31.8 Å². The van der Waals surface area contributed by atoms with E-state index in [9.17, 15) is 14.4 Å². The smallest absolute Gasteiger partial charge is 0.331 e. The number of carbonyl (C=O) groups excluding carboxylic acids is 2. The van der Waals surface area contributed by atoms with Gasteiger partial charge in [-0.2, -0.15) is 0 Å². The van der Waals surface area contributed by atoms with Gasteiger partial charge in [0.25, 0.3) is 0 Å². The first-order valence-electron chi connectivity index (χ1n) is 5.61. The standard InChI is InChI=1S/C10H18N2O5S2/c1-2-3-8(13)17-10(16)7(12)5-19-18-4-6(11)9(14)15/h6-7H,2-5,11-12H2,1H3,(H,14,15)/t6-,7-/m0/s1. The highest BCUT2D eigenvalue weighted by molar-refractivity contribution is 8.76. The zero-order valence-corrected chi connectivity index (χ0v) is 12.2. The molecule has 110 valence electrons. The Hall–Kier alpha value is -0.770. The Morgan fingerprint density at radius 2 is 1.68 bits per heavy atom. The minimum atomic E-state index is -1.08. The Labute approximate surface area is 119 Å². The Morgan fingerprint density at radius 1 is 1.16 bits per heavy atom. The van der Waals surface area contributed by atoms with E-state index in [2.05, 4.69) is 4.74 Å². The summed E-state index contributed by atoms with van der Waals surface area (Å²) in [5.74, 6) is -2.02. The molecule has 0 aromatic rings. The van der Waals surface area contributed by atoms with E-state index in [1.807, 2.05) is 0 Å². The van der Waals surface area contributed by atoms with Crippen molar-refractivity contribution >= 4 is 39.5 Å². The van der Waals surface area contributed by atoms with Gasteiger partial charge in [-0.15, -0.1) is 0 Å². The van der Waals surface area contributed by atoms with Crippen LogP contribution in [0.15, 0.2) is 0 Å². The SMILES string of the molecule is CCCC(=O)OC(=O)[C@@H](N)CSSC[C@H](N)C(=O)O. The number of nitrogens with two attached hydrogens (primary N) is 2. The number of carboxylic acid groups (broad SMARTS) is 1. The predicted molar refractivity (Wildman–Crippen MR) is 74.5 cm³/mol. The molecule has 0 unspecified atom stereocenters. The summed E-state index contributed by atoms with van der Waals surface area (Å²) in [4.78, 5) is 32.8. The van der Waals surface area contributed by atoms with Gasteiger partial charge in [0.2, 0.25) is 0 Å². The summed E-state index contributed by atoms with van der Waals surface area (Å²) in [6, 6.07) is -1.87. The number of esters is 2. The average molecular weight is 310 g/mol. The van der Waals surface area contributed by atoms with Crippen molar-refractivity contribution in [1.82, 2.24) is 0 Å². The fraction of sp³-hybridized carbons (Fsp3) is 0.700. The zero-order chi connectivity index (χ0) is 14.8. The van der Waals surface area contributed by atoms with Gasteiger partial charge in [0.05, 0.1) is 0 Å². The molecule has 0 aromatic heterocycles. The van der Waals surface area contributed by atoms with Crippen molar-refractivity contribution in [3.05, 3.63) is 0 Å². The number of carbonyl (C=O) groups is 3. The first kappa shape index (κ1) is 18.2. The molecule has 0 aromatic carbocycles. The molecule has 0 aliphatic heterocycles. The topological polar surface area (TPSA) is 133 Å². The van der Waals surface area contributed by atoms with Crippen LogP contribution in [0.2, 0.25) is 0 Å². The van der Waals surface area contributed by atoms with Gasteiger partial charge in [-0.3, -0.25) is 9.59 Å². The van der Waals surface area contributed by atoms with Gasteiger partial charge in [0.15, 0.2) is 0 Å². The maximum absolute atomic E-state index is 11.4. The second kappa shape index (κ2) is 10.1. The predicted octanol–water partition coefficient (Wildman–Crippen LogP) is -0.0231. The van der Waals surface area contributed by atoms with E-state index in [0.29, 0.717) is 6.42 Å². The summed E-state index contributed by atoms with van der Waals surface area (Å²) in [5.41, 5.74) is 10.8. The Bertz CT molecular complexity index is 327. The van der Waals surface area contributed by atoms with Crippen LogP contribution in [0.25, 0.3) is 0 Å². The third-order valence-electron chi connectivity index (χ3n) is 1.87. The molecular formula is C10H18N2O5S2. The first-order valence-corrected chi connectivity index (χ1v) is 8.10. The van der Waals surface area contributed by atoms with Crippen molar-refractivity contribution < 1.29 is 24.2 Å². The normalized spacial score (nSPS) is 13.6. The fourth-order valence-electron chi connectivity index (χ4n) is 0.825. The number of aliphatic carboxylic acids is 1. The van der Waals surface area contributed by atoms with E-state index < -0.39 is 30.0 Å². The van der Waals surface area contributed by atoms with E-state index in [1.54, 1.807) is 6.92 Å². The van der Waals surface area contributed by atoms with Crippen LogP contribution in [0, 0.1) is 0 Å². The van der Waals surface area contributed by atoms with Crippen LogP contribution in [0.4, 0.5) is 0 Å². The Balaban J connectivity index is 3.79. The summed E-state index contributed by atoms with van der Waals surface area (Å²) >= 11 is 0. The van der Waals surface area contributed by atoms with Crippen LogP contribution in [0.5, 0.6) is 0 Å². The first-order chi connectivity index (χ1) is 8.88. The maximum Gasteiger partial charge on any atom is 0.331 e. The third-order valence-corrected chi connectivity index (χ3v) is 4.34. The van der Waals surface area contributed by atoms with Crippen LogP contribution in [0.1, 0.15) is 19.8 Å². The molecule has 0 saturated carbocycles. The van der Waals surface area contributed by atoms with Crippen molar-refractivity contribution in [3.63, 3.8) is 0 Å². The highest BCUT2D eigenvalue weighted by Crippen LogP contribution is 2.22. The molecule has 0 aliphatic carbocycles. The number of carboxylic acids is 1. The summed E-state index contributed by atoms with van der Waals surface area (Å²) < 4.78 is 4.52. The highest BCUT2D eigenvalue weighted by atomic mass is 33.1. The van der Waals surface area contributed by atoms with Gasteiger partial charge in [0, 0.05) is 17.9 Å². The van der Waals surface area contributed by atoms with E-state index in [4.69, 9.17) is 16.6 Å². The molecule has 0 aliphatic rings. The van der Waals surface area contributed by atoms with Gasteiger partial charge < -0.3 is 21.3 Å². The Kier molecular flexibility index (Phi) is 9.66. The molecule has 0 bridgehead atoms. The van der Waals surface area contributed by atoms with Crippen molar-refractivity contribution in [1.29, 1.82) is 0 Å². The molecule has 0 heterocycles. The van der Waals surface area contributed by atoms with Gasteiger partial charge >= 0.3 is 17.9 Å². The number of hydrogen-bond acceptors (Lipinski definition) is 8. The zero-order valence-electron chi connectivity index (χ0n) is 10.5. The minimum Gasteiger partial charge on any atom is -0.480 e. The second-order valence-electron chi connectivity index (χ2n) is 3.66.